The van der Waals surface area contributed by atoms with E-state index in [1.807, 2.05) is 55.3 Å². The number of amidine groups is 1. The molecule has 0 unspecified atom stereocenters. The summed E-state index contributed by atoms with van der Waals surface area (Å²) in [4.78, 5) is 17.0. The molecule has 2 aliphatic rings. The molecular formula is C13H14N2O. The molecule has 0 saturated heterocycles. The van der Waals surface area contributed by atoms with E-state index in [0.717, 1.165) is 17.0 Å². The maximum Gasteiger partial charge on any atom is 0.267 e. The van der Waals surface area contributed by atoms with Crippen LogP contribution in [0, 0.1) is 0 Å². The number of hydrogen-bond acceptors (Lipinski definition) is 2. The van der Waals surface area contributed by atoms with Crippen molar-refractivity contribution in [2.45, 2.75) is 13.8 Å². The average molecular weight is 214 g/mol. The summed E-state index contributed by atoms with van der Waals surface area (Å²) in [7, 11) is 0. The predicted octanol–water partition coefficient (Wildman–Crippen LogP) is 2.29. The van der Waals surface area contributed by atoms with Gasteiger partial charge in [-0.1, -0.05) is 38.1 Å². The van der Waals surface area contributed by atoms with Gasteiger partial charge in [0.25, 0.3) is 5.91 Å². The number of rotatable bonds is 0. The maximum atomic E-state index is 11.2. The highest BCUT2D eigenvalue weighted by Gasteiger charge is 2.26. The number of fused-ring (bicyclic) bond motifs is 3. The van der Waals surface area contributed by atoms with E-state index in [4.69, 9.17) is 0 Å². The smallest absolute Gasteiger partial charge is 0.267 e. The summed E-state index contributed by atoms with van der Waals surface area (Å²) in [6.45, 7) is 4.38. The van der Waals surface area contributed by atoms with Gasteiger partial charge in [0, 0.05) is 11.8 Å². The molecule has 0 fully saturated rings. The number of carbonyl (C=O) groups is 1. The molecule has 1 aromatic carbocycles. The topological polar surface area (TPSA) is 32.7 Å². The second kappa shape index (κ2) is 4.31. The fourth-order valence-electron chi connectivity index (χ4n) is 1.79. The van der Waals surface area contributed by atoms with Crippen LogP contribution in [0.25, 0.3) is 6.08 Å². The molecule has 3 nitrogen and oxygen atoms in total. The third kappa shape index (κ3) is 1.65. The molecule has 2 heterocycles. The van der Waals surface area contributed by atoms with Gasteiger partial charge in [-0.05, 0) is 11.6 Å². The van der Waals surface area contributed by atoms with E-state index in [1.165, 1.54) is 0 Å². The molecule has 2 aliphatic heterocycles. The molecule has 3 heteroatoms. The normalized spacial score (nSPS) is 16.0. The summed E-state index contributed by atoms with van der Waals surface area (Å²) in [6.07, 6.45) is 3.92. The molecule has 1 amide bonds. The predicted molar refractivity (Wildman–Crippen MR) is 65.1 cm³/mol. The lowest BCUT2D eigenvalue weighted by Gasteiger charge is -2.20. The first-order valence-corrected chi connectivity index (χ1v) is 5.50. The first-order chi connectivity index (χ1) is 7.84. The molecule has 16 heavy (non-hydrogen) atoms. The minimum atomic E-state index is -0.0682. The van der Waals surface area contributed by atoms with Crippen LogP contribution in [0.2, 0.25) is 0 Å². The lowest BCUT2D eigenvalue weighted by molar-refractivity contribution is -0.116. The highest BCUT2D eigenvalue weighted by Crippen LogP contribution is 2.22. The largest absolute Gasteiger partial charge is 0.323 e. The summed E-state index contributed by atoms with van der Waals surface area (Å²) in [5, 5.41) is 0. The van der Waals surface area contributed by atoms with Gasteiger partial charge in [0.15, 0.2) is 0 Å². The van der Waals surface area contributed by atoms with Gasteiger partial charge < -0.3 is 4.90 Å². The lowest BCUT2D eigenvalue weighted by atomic mass is 10.0. The summed E-state index contributed by atoms with van der Waals surface area (Å²) < 4.78 is 0. The Balaban J connectivity index is 0.000000457. The van der Waals surface area contributed by atoms with E-state index in [0.29, 0.717) is 6.54 Å². The Morgan fingerprint density at radius 3 is 2.81 bits per heavy atom. The second-order valence-electron chi connectivity index (χ2n) is 3.36. The third-order valence-electron chi connectivity index (χ3n) is 2.44. The summed E-state index contributed by atoms with van der Waals surface area (Å²) in [5.74, 6) is 0.717. The molecule has 0 aliphatic carbocycles. The van der Waals surface area contributed by atoms with E-state index >= 15 is 0 Å². The third-order valence-corrected chi connectivity index (χ3v) is 2.44. The van der Waals surface area contributed by atoms with Gasteiger partial charge in [0.1, 0.15) is 12.4 Å². The van der Waals surface area contributed by atoms with E-state index in [9.17, 15) is 4.79 Å². The summed E-state index contributed by atoms with van der Waals surface area (Å²) in [6, 6.07) is 7.95. The first kappa shape index (κ1) is 10.6. The van der Waals surface area contributed by atoms with Crippen molar-refractivity contribution in [2.24, 2.45) is 4.99 Å². The molecule has 0 radical (unpaired) electrons. The van der Waals surface area contributed by atoms with E-state index < -0.39 is 0 Å². The van der Waals surface area contributed by atoms with Crippen molar-refractivity contribution in [1.29, 1.82) is 0 Å². The standard InChI is InChI=1S/C11H8N2O.C2H6/c14-10-7-13-6-5-8-3-1-2-4-9(8)11(13)12-10;1-2/h1-6H,7H2;1-2H3. The lowest BCUT2D eigenvalue weighted by Crippen LogP contribution is -2.26. The Hall–Kier alpha value is -1.90. The number of hydrogen-bond donors (Lipinski definition) is 0. The molecule has 0 aromatic heterocycles. The first-order valence-electron chi connectivity index (χ1n) is 5.50. The van der Waals surface area contributed by atoms with Crippen LogP contribution >= 0.6 is 0 Å². The molecule has 0 atom stereocenters. The maximum absolute atomic E-state index is 11.2. The van der Waals surface area contributed by atoms with E-state index in [2.05, 4.69) is 4.99 Å². The molecule has 0 N–H and O–H groups in total. The van der Waals surface area contributed by atoms with Crippen molar-refractivity contribution in [3.8, 4) is 0 Å². The van der Waals surface area contributed by atoms with Crippen molar-refractivity contribution in [2.75, 3.05) is 6.54 Å². The monoisotopic (exact) mass is 214 g/mol. The molecule has 1 aromatic rings. The van der Waals surface area contributed by atoms with Gasteiger partial charge in [0.05, 0.1) is 0 Å². The van der Waals surface area contributed by atoms with Crippen LogP contribution in [0.3, 0.4) is 0 Å². The quantitative estimate of drug-likeness (QED) is 0.663. The number of nitrogens with zero attached hydrogens (tertiary/aromatic N) is 2. The fourth-order valence-corrected chi connectivity index (χ4v) is 1.79. The Labute approximate surface area is 95.1 Å². The Bertz CT molecular complexity index is 475. The Morgan fingerprint density at radius 2 is 2.00 bits per heavy atom. The van der Waals surface area contributed by atoms with E-state index in [1.54, 1.807) is 0 Å². The van der Waals surface area contributed by atoms with Crippen molar-refractivity contribution in [3.05, 3.63) is 41.6 Å². The second-order valence-corrected chi connectivity index (χ2v) is 3.36. The highest BCUT2D eigenvalue weighted by atomic mass is 16.2. The van der Waals surface area contributed by atoms with Gasteiger partial charge in [-0.3, -0.25) is 4.79 Å². The fraction of sp³-hybridized carbons (Fsp3) is 0.231. The average Bonchev–Trinajstić information content (AvgIpc) is 2.72. The van der Waals surface area contributed by atoms with Crippen LogP contribution in [-0.2, 0) is 4.79 Å². The minimum absolute atomic E-state index is 0.0682. The Kier molecular flexibility index (Phi) is 2.86. The van der Waals surface area contributed by atoms with Gasteiger partial charge >= 0.3 is 0 Å². The molecule has 3 rings (SSSR count). The molecule has 0 saturated carbocycles. The number of benzene rings is 1. The SMILES string of the molecule is CC.O=C1CN2C=Cc3ccccc3C2=N1. The van der Waals surface area contributed by atoms with Gasteiger partial charge in [-0.15, -0.1) is 0 Å². The van der Waals surface area contributed by atoms with Crippen LogP contribution in [-0.4, -0.2) is 23.2 Å². The van der Waals surface area contributed by atoms with Crippen molar-refractivity contribution in [3.63, 3.8) is 0 Å². The molecule has 82 valence electrons. The zero-order valence-electron chi connectivity index (χ0n) is 9.47. The number of aliphatic imine (C=N–C) groups is 1. The minimum Gasteiger partial charge on any atom is -0.323 e. The molecule has 0 bridgehead atoms. The van der Waals surface area contributed by atoms with Crippen LogP contribution in [0.1, 0.15) is 25.0 Å². The molecule has 0 spiro atoms. The van der Waals surface area contributed by atoms with Gasteiger partial charge in [-0.25, -0.2) is 0 Å². The van der Waals surface area contributed by atoms with Crippen molar-refractivity contribution < 1.29 is 4.79 Å². The number of amides is 1. The molecular weight excluding hydrogens is 200 g/mol. The van der Waals surface area contributed by atoms with Crippen LogP contribution < -0.4 is 0 Å². The van der Waals surface area contributed by atoms with Crippen LogP contribution in [0.4, 0.5) is 0 Å². The van der Waals surface area contributed by atoms with Crippen LogP contribution in [0.15, 0.2) is 35.5 Å². The number of carbonyl (C=O) groups excluding carboxylic acids is 1. The van der Waals surface area contributed by atoms with Crippen molar-refractivity contribution in [1.82, 2.24) is 4.90 Å². The summed E-state index contributed by atoms with van der Waals surface area (Å²) in [5.41, 5.74) is 2.16. The van der Waals surface area contributed by atoms with Gasteiger partial charge in [0.2, 0.25) is 0 Å². The van der Waals surface area contributed by atoms with Crippen molar-refractivity contribution >= 4 is 17.8 Å². The van der Waals surface area contributed by atoms with E-state index in [-0.39, 0.29) is 5.91 Å². The highest BCUT2D eigenvalue weighted by molar-refractivity contribution is 6.13. The zero-order valence-corrected chi connectivity index (χ0v) is 9.47. The Morgan fingerprint density at radius 1 is 1.25 bits per heavy atom. The van der Waals surface area contributed by atoms with Gasteiger partial charge in [-0.2, -0.15) is 4.99 Å². The van der Waals surface area contributed by atoms with Crippen LogP contribution in [0.5, 0.6) is 0 Å². The summed E-state index contributed by atoms with van der Waals surface area (Å²) >= 11 is 0. The zero-order chi connectivity index (χ0) is 11.5.